The molecule has 2 aromatic carbocycles. The molecule has 0 aromatic heterocycles. The second kappa shape index (κ2) is 6.30. The van der Waals surface area contributed by atoms with Crippen LogP contribution < -0.4 is 5.32 Å². The topological polar surface area (TPSA) is 50.7 Å². The highest BCUT2D eigenvalue weighted by atomic mass is 35.5. The van der Waals surface area contributed by atoms with E-state index >= 15 is 0 Å². The second-order valence-electron chi connectivity index (χ2n) is 4.92. The molecule has 0 aliphatic carbocycles. The predicted molar refractivity (Wildman–Crippen MR) is 86.0 cm³/mol. The SMILES string of the molecule is CNC(=O)C1=N[C@@H](c2ccccc2)O[C@@H]1c1ccc(Cl)cc1. The third kappa shape index (κ3) is 2.89. The lowest BCUT2D eigenvalue weighted by Gasteiger charge is -2.15. The Morgan fingerprint density at radius 1 is 1.09 bits per heavy atom. The summed E-state index contributed by atoms with van der Waals surface area (Å²) in [5.74, 6) is -0.238. The first kappa shape index (κ1) is 14.8. The number of hydrogen-bond acceptors (Lipinski definition) is 3. The number of benzene rings is 2. The number of nitrogens with zero attached hydrogens (tertiary/aromatic N) is 1. The lowest BCUT2D eigenvalue weighted by Crippen LogP contribution is -2.30. The molecule has 3 rings (SSSR count). The molecule has 1 aliphatic heterocycles. The number of nitrogens with one attached hydrogen (secondary N) is 1. The van der Waals surface area contributed by atoms with Gasteiger partial charge in [0, 0.05) is 17.6 Å². The van der Waals surface area contributed by atoms with E-state index in [1.54, 1.807) is 19.2 Å². The van der Waals surface area contributed by atoms with Crippen LogP contribution in [0.3, 0.4) is 0 Å². The molecule has 0 spiro atoms. The zero-order valence-electron chi connectivity index (χ0n) is 12.0. The van der Waals surface area contributed by atoms with Crippen LogP contribution in [0.15, 0.2) is 59.6 Å². The summed E-state index contributed by atoms with van der Waals surface area (Å²) in [6.07, 6.45) is -0.975. The smallest absolute Gasteiger partial charge is 0.268 e. The van der Waals surface area contributed by atoms with Gasteiger partial charge in [0.1, 0.15) is 11.8 Å². The quantitative estimate of drug-likeness (QED) is 0.945. The number of ether oxygens (including phenoxy) is 1. The molecule has 2 aromatic rings. The standard InChI is InChI=1S/C17H15ClN2O2/c1-19-16(21)14-15(11-7-9-13(18)10-8-11)22-17(20-14)12-5-3-2-4-6-12/h2-10,15,17H,1H3,(H,19,21)/t15-,17-/m1/s1. The first-order valence-electron chi connectivity index (χ1n) is 6.94. The fraction of sp³-hybridized carbons (Fsp3) is 0.176. The number of carbonyl (C=O) groups is 1. The van der Waals surface area contributed by atoms with E-state index < -0.39 is 12.3 Å². The van der Waals surface area contributed by atoms with Gasteiger partial charge in [0.05, 0.1) is 0 Å². The van der Waals surface area contributed by atoms with Crippen LogP contribution in [0.4, 0.5) is 0 Å². The van der Waals surface area contributed by atoms with E-state index in [1.807, 2.05) is 42.5 Å². The first-order chi connectivity index (χ1) is 10.7. The minimum absolute atomic E-state index is 0.238. The molecule has 112 valence electrons. The summed E-state index contributed by atoms with van der Waals surface area (Å²) >= 11 is 5.92. The summed E-state index contributed by atoms with van der Waals surface area (Å²) in [6.45, 7) is 0. The van der Waals surface area contributed by atoms with Crippen LogP contribution in [-0.4, -0.2) is 18.7 Å². The Kier molecular flexibility index (Phi) is 4.22. The number of halogens is 1. The van der Waals surface area contributed by atoms with Crippen LogP contribution in [0.25, 0.3) is 0 Å². The summed E-state index contributed by atoms with van der Waals surface area (Å²) in [6, 6.07) is 16.9. The van der Waals surface area contributed by atoms with E-state index in [1.165, 1.54) is 0 Å². The van der Waals surface area contributed by atoms with Crippen LogP contribution in [0, 0.1) is 0 Å². The van der Waals surface area contributed by atoms with Crippen molar-refractivity contribution in [2.24, 2.45) is 4.99 Å². The van der Waals surface area contributed by atoms with Crippen molar-refractivity contribution in [3.05, 3.63) is 70.7 Å². The van der Waals surface area contributed by atoms with Crippen LogP contribution in [0.5, 0.6) is 0 Å². The summed E-state index contributed by atoms with van der Waals surface area (Å²) in [7, 11) is 1.58. The zero-order valence-corrected chi connectivity index (χ0v) is 12.7. The maximum absolute atomic E-state index is 12.1. The normalized spacial score (nSPS) is 20.5. The monoisotopic (exact) mass is 314 g/mol. The Hall–Kier alpha value is -2.17. The highest BCUT2D eigenvalue weighted by Gasteiger charge is 2.34. The van der Waals surface area contributed by atoms with E-state index in [0.29, 0.717) is 10.7 Å². The first-order valence-corrected chi connectivity index (χ1v) is 7.32. The van der Waals surface area contributed by atoms with Gasteiger partial charge in [-0.3, -0.25) is 4.79 Å². The molecular weight excluding hydrogens is 300 g/mol. The molecule has 2 atom stereocenters. The Balaban J connectivity index is 1.95. The Bertz CT molecular complexity index is 698. The third-order valence-corrected chi connectivity index (χ3v) is 3.74. The Morgan fingerprint density at radius 3 is 2.41 bits per heavy atom. The van der Waals surface area contributed by atoms with Gasteiger partial charge in [-0.15, -0.1) is 0 Å². The van der Waals surface area contributed by atoms with Crippen molar-refractivity contribution in [1.82, 2.24) is 5.32 Å². The van der Waals surface area contributed by atoms with Crippen molar-refractivity contribution in [3.63, 3.8) is 0 Å². The van der Waals surface area contributed by atoms with E-state index in [2.05, 4.69) is 10.3 Å². The molecule has 4 nitrogen and oxygen atoms in total. The average molecular weight is 315 g/mol. The molecule has 1 amide bonds. The highest BCUT2D eigenvalue weighted by molar-refractivity contribution is 6.41. The molecule has 0 bridgehead atoms. The largest absolute Gasteiger partial charge is 0.354 e. The van der Waals surface area contributed by atoms with Crippen LogP contribution in [0.2, 0.25) is 5.02 Å². The van der Waals surface area contributed by atoms with E-state index in [4.69, 9.17) is 16.3 Å². The Morgan fingerprint density at radius 2 is 1.77 bits per heavy atom. The maximum atomic E-state index is 12.1. The van der Waals surface area contributed by atoms with Crippen molar-refractivity contribution < 1.29 is 9.53 Å². The van der Waals surface area contributed by atoms with Crippen LogP contribution in [0.1, 0.15) is 23.5 Å². The van der Waals surface area contributed by atoms with E-state index in [9.17, 15) is 4.79 Å². The molecule has 5 heteroatoms. The van der Waals surface area contributed by atoms with Gasteiger partial charge in [-0.25, -0.2) is 4.99 Å². The van der Waals surface area contributed by atoms with Crippen LogP contribution >= 0.6 is 11.6 Å². The van der Waals surface area contributed by atoms with Gasteiger partial charge in [-0.1, -0.05) is 54.1 Å². The number of hydrogen-bond donors (Lipinski definition) is 1. The molecule has 1 N–H and O–H groups in total. The summed E-state index contributed by atoms with van der Waals surface area (Å²) in [5, 5.41) is 3.25. The van der Waals surface area contributed by atoms with Crippen molar-refractivity contribution in [1.29, 1.82) is 0 Å². The van der Waals surface area contributed by atoms with Crippen molar-refractivity contribution in [2.75, 3.05) is 7.05 Å². The molecule has 1 aliphatic rings. The lowest BCUT2D eigenvalue weighted by atomic mass is 10.0. The predicted octanol–water partition coefficient (Wildman–Crippen LogP) is 3.30. The molecule has 0 unspecified atom stereocenters. The lowest BCUT2D eigenvalue weighted by molar-refractivity contribution is -0.114. The summed E-state index contributed by atoms with van der Waals surface area (Å²) in [4.78, 5) is 16.6. The highest BCUT2D eigenvalue weighted by Crippen LogP contribution is 2.35. The van der Waals surface area contributed by atoms with Gasteiger partial charge in [0.2, 0.25) is 0 Å². The van der Waals surface area contributed by atoms with Gasteiger partial charge in [-0.2, -0.15) is 0 Å². The van der Waals surface area contributed by atoms with Crippen molar-refractivity contribution >= 4 is 23.2 Å². The second-order valence-corrected chi connectivity index (χ2v) is 5.36. The molecule has 1 heterocycles. The van der Waals surface area contributed by atoms with Gasteiger partial charge < -0.3 is 10.1 Å². The number of rotatable bonds is 3. The van der Waals surface area contributed by atoms with E-state index in [0.717, 1.165) is 11.1 Å². The fourth-order valence-corrected chi connectivity index (χ4v) is 2.49. The van der Waals surface area contributed by atoms with E-state index in [-0.39, 0.29) is 5.91 Å². The average Bonchev–Trinajstić information content (AvgIpc) is 3.01. The molecule has 0 fully saturated rings. The van der Waals surface area contributed by atoms with Gasteiger partial charge in [-0.05, 0) is 17.7 Å². The number of aliphatic imine (C=N–C) groups is 1. The molecular formula is C17H15ClN2O2. The van der Waals surface area contributed by atoms with Gasteiger partial charge >= 0.3 is 0 Å². The number of amides is 1. The van der Waals surface area contributed by atoms with Crippen molar-refractivity contribution in [3.8, 4) is 0 Å². The Labute approximate surface area is 133 Å². The third-order valence-electron chi connectivity index (χ3n) is 3.49. The fourth-order valence-electron chi connectivity index (χ4n) is 2.37. The molecule has 0 radical (unpaired) electrons. The van der Waals surface area contributed by atoms with Crippen LogP contribution in [-0.2, 0) is 9.53 Å². The zero-order chi connectivity index (χ0) is 15.5. The van der Waals surface area contributed by atoms with Crippen molar-refractivity contribution in [2.45, 2.75) is 12.3 Å². The van der Waals surface area contributed by atoms with Gasteiger partial charge in [0.15, 0.2) is 6.23 Å². The summed E-state index contributed by atoms with van der Waals surface area (Å²) in [5.41, 5.74) is 2.14. The van der Waals surface area contributed by atoms with Gasteiger partial charge in [0.25, 0.3) is 5.91 Å². The summed E-state index contributed by atoms with van der Waals surface area (Å²) < 4.78 is 6.00. The molecule has 22 heavy (non-hydrogen) atoms. The molecule has 0 saturated heterocycles. The minimum atomic E-state index is -0.498. The molecule has 0 saturated carbocycles. The minimum Gasteiger partial charge on any atom is -0.354 e. The number of carbonyl (C=O) groups excluding carboxylic acids is 1. The maximum Gasteiger partial charge on any atom is 0.268 e.